The highest BCUT2D eigenvalue weighted by Crippen LogP contribution is 2.18. The predicted octanol–water partition coefficient (Wildman–Crippen LogP) is 2.35. The Balaban J connectivity index is 2.35. The van der Waals surface area contributed by atoms with E-state index in [0.717, 1.165) is 42.8 Å². The van der Waals surface area contributed by atoms with Gasteiger partial charge in [0, 0.05) is 13.0 Å². The van der Waals surface area contributed by atoms with Crippen LogP contribution < -0.4 is 5.32 Å². The number of nitrogens with one attached hydrogen (secondary N) is 1. The first-order valence-electron chi connectivity index (χ1n) is 6.05. The van der Waals surface area contributed by atoms with Crippen molar-refractivity contribution in [3.8, 4) is 0 Å². The molecule has 0 atom stereocenters. The Labute approximate surface area is 101 Å². The maximum absolute atomic E-state index is 13.2. The average Bonchev–Trinajstić information content (AvgIpc) is 2.66. The molecule has 0 amide bonds. The molecule has 0 aliphatic carbocycles. The second-order valence-electron chi connectivity index (χ2n) is 4.11. The van der Waals surface area contributed by atoms with Crippen LogP contribution in [0.5, 0.6) is 0 Å². The van der Waals surface area contributed by atoms with Crippen molar-refractivity contribution in [2.24, 2.45) is 0 Å². The van der Waals surface area contributed by atoms with E-state index < -0.39 is 0 Å². The summed E-state index contributed by atoms with van der Waals surface area (Å²) in [6.07, 6.45) is 1.97. The third kappa shape index (κ3) is 2.47. The highest BCUT2D eigenvalue weighted by atomic mass is 19.1. The van der Waals surface area contributed by atoms with Gasteiger partial charge in [-0.25, -0.2) is 9.37 Å². The number of halogens is 1. The lowest BCUT2D eigenvalue weighted by molar-refractivity contribution is 0.626. The van der Waals surface area contributed by atoms with Crippen LogP contribution >= 0.6 is 0 Å². The summed E-state index contributed by atoms with van der Waals surface area (Å²) >= 11 is 0. The van der Waals surface area contributed by atoms with Crippen molar-refractivity contribution in [1.29, 1.82) is 0 Å². The number of rotatable bonds is 5. The second-order valence-corrected chi connectivity index (χ2v) is 4.11. The smallest absolute Gasteiger partial charge is 0.125 e. The number of fused-ring (bicyclic) bond motifs is 1. The fourth-order valence-electron chi connectivity index (χ4n) is 2.11. The number of aromatic nitrogens is 2. The minimum Gasteiger partial charge on any atom is -0.328 e. The fraction of sp³-hybridized carbons (Fsp3) is 0.462. The standard InChI is InChI=1S/C13H18FN3/c1-3-17-12-9-10(14)6-7-11(12)16-13(17)5-4-8-15-2/h6-7,9,15H,3-5,8H2,1-2H3. The van der Waals surface area contributed by atoms with Crippen LogP contribution in [0, 0.1) is 5.82 Å². The quantitative estimate of drug-likeness (QED) is 0.806. The third-order valence-electron chi connectivity index (χ3n) is 2.93. The molecule has 4 heteroatoms. The zero-order valence-corrected chi connectivity index (χ0v) is 10.3. The minimum absolute atomic E-state index is 0.200. The second kappa shape index (κ2) is 5.27. The summed E-state index contributed by atoms with van der Waals surface area (Å²) in [5, 5.41) is 3.12. The van der Waals surface area contributed by atoms with Gasteiger partial charge in [-0.15, -0.1) is 0 Å². The highest BCUT2D eigenvalue weighted by Gasteiger charge is 2.09. The SMILES string of the molecule is CCn1c(CCCNC)nc2ccc(F)cc21. The summed E-state index contributed by atoms with van der Waals surface area (Å²) in [5.41, 5.74) is 1.78. The zero-order valence-electron chi connectivity index (χ0n) is 10.3. The molecule has 0 radical (unpaired) electrons. The van der Waals surface area contributed by atoms with Crippen LogP contribution in [0.2, 0.25) is 0 Å². The number of hydrogen-bond donors (Lipinski definition) is 1. The van der Waals surface area contributed by atoms with Crippen LogP contribution in [0.1, 0.15) is 19.2 Å². The molecule has 0 saturated carbocycles. The number of benzene rings is 1. The summed E-state index contributed by atoms with van der Waals surface area (Å²) in [5.74, 6) is 0.845. The van der Waals surface area contributed by atoms with Gasteiger partial charge in [-0.1, -0.05) is 0 Å². The molecule has 17 heavy (non-hydrogen) atoms. The Bertz CT molecular complexity index is 505. The first-order chi connectivity index (χ1) is 8.26. The van der Waals surface area contributed by atoms with Crippen molar-refractivity contribution in [3.63, 3.8) is 0 Å². The molecule has 92 valence electrons. The summed E-state index contributed by atoms with van der Waals surface area (Å²) in [7, 11) is 1.94. The monoisotopic (exact) mass is 235 g/mol. The molecule has 0 aliphatic heterocycles. The molecule has 2 aromatic rings. The Morgan fingerprint density at radius 1 is 1.41 bits per heavy atom. The first kappa shape index (κ1) is 12.0. The lowest BCUT2D eigenvalue weighted by Gasteiger charge is -2.05. The lowest BCUT2D eigenvalue weighted by Crippen LogP contribution is -2.10. The van der Waals surface area contributed by atoms with Gasteiger partial charge in [-0.2, -0.15) is 0 Å². The van der Waals surface area contributed by atoms with Crippen molar-refractivity contribution in [3.05, 3.63) is 29.8 Å². The summed E-state index contributed by atoms with van der Waals surface area (Å²) in [6, 6.07) is 4.78. The van der Waals surface area contributed by atoms with Gasteiger partial charge in [0.05, 0.1) is 11.0 Å². The topological polar surface area (TPSA) is 29.9 Å². The van der Waals surface area contributed by atoms with Gasteiger partial charge in [-0.05, 0) is 45.1 Å². The van der Waals surface area contributed by atoms with E-state index in [1.54, 1.807) is 12.1 Å². The van der Waals surface area contributed by atoms with E-state index in [9.17, 15) is 4.39 Å². The van der Waals surface area contributed by atoms with Crippen molar-refractivity contribution in [1.82, 2.24) is 14.9 Å². The third-order valence-corrected chi connectivity index (χ3v) is 2.93. The van der Waals surface area contributed by atoms with Gasteiger partial charge in [0.2, 0.25) is 0 Å². The maximum atomic E-state index is 13.2. The van der Waals surface area contributed by atoms with Gasteiger partial charge in [0.15, 0.2) is 0 Å². The largest absolute Gasteiger partial charge is 0.328 e. The molecule has 0 fully saturated rings. The molecule has 1 aromatic carbocycles. The minimum atomic E-state index is -0.200. The van der Waals surface area contributed by atoms with Crippen molar-refractivity contribution in [2.75, 3.05) is 13.6 Å². The van der Waals surface area contributed by atoms with Crippen LogP contribution in [0.15, 0.2) is 18.2 Å². The molecule has 1 aromatic heterocycles. The number of imidazole rings is 1. The van der Waals surface area contributed by atoms with E-state index in [-0.39, 0.29) is 5.82 Å². The zero-order chi connectivity index (χ0) is 12.3. The first-order valence-corrected chi connectivity index (χ1v) is 6.05. The van der Waals surface area contributed by atoms with Gasteiger partial charge in [0.25, 0.3) is 0 Å². The van der Waals surface area contributed by atoms with Crippen LogP contribution in [0.3, 0.4) is 0 Å². The van der Waals surface area contributed by atoms with Gasteiger partial charge in [0.1, 0.15) is 11.6 Å². The van der Waals surface area contributed by atoms with E-state index in [0.29, 0.717) is 0 Å². The Hall–Kier alpha value is -1.42. The molecule has 0 aliphatic rings. The summed E-state index contributed by atoms with van der Waals surface area (Å²) < 4.78 is 15.3. The molecule has 1 heterocycles. The molecule has 3 nitrogen and oxygen atoms in total. The van der Waals surface area contributed by atoms with Crippen LogP contribution in [0.4, 0.5) is 4.39 Å². The highest BCUT2D eigenvalue weighted by molar-refractivity contribution is 5.76. The van der Waals surface area contributed by atoms with Crippen molar-refractivity contribution >= 4 is 11.0 Å². The molecule has 1 N–H and O–H groups in total. The van der Waals surface area contributed by atoms with E-state index in [2.05, 4.69) is 21.8 Å². The van der Waals surface area contributed by atoms with Gasteiger partial charge >= 0.3 is 0 Å². The number of nitrogens with zero attached hydrogens (tertiary/aromatic N) is 2. The Morgan fingerprint density at radius 2 is 2.24 bits per heavy atom. The van der Waals surface area contributed by atoms with Crippen LogP contribution in [-0.4, -0.2) is 23.1 Å². The molecule has 0 saturated heterocycles. The summed E-state index contributed by atoms with van der Waals surface area (Å²) in [4.78, 5) is 4.56. The Morgan fingerprint density at radius 3 is 2.94 bits per heavy atom. The average molecular weight is 235 g/mol. The van der Waals surface area contributed by atoms with Crippen molar-refractivity contribution < 1.29 is 4.39 Å². The predicted molar refractivity (Wildman–Crippen MR) is 67.6 cm³/mol. The molecule has 0 spiro atoms. The molecule has 2 rings (SSSR count). The number of aryl methyl sites for hydroxylation is 2. The lowest BCUT2D eigenvalue weighted by atomic mass is 10.3. The van der Waals surface area contributed by atoms with E-state index in [4.69, 9.17) is 0 Å². The van der Waals surface area contributed by atoms with Gasteiger partial charge in [-0.3, -0.25) is 0 Å². The van der Waals surface area contributed by atoms with Crippen molar-refractivity contribution in [2.45, 2.75) is 26.3 Å². The van der Waals surface area contributed by atoms with E-state index in [1.807, 2.05) is 7.05 Å². The molecular formula is C13H18FN3. The van der Waals surface area contributed by atoms with E-state index >= 15 is 0 Å². The molecule has 0 bridgehead atoms. The van der Waals surface area contributed by atoms with E-state index in [1.165, 1.54) is 6.07 Å². The molecule has 0 unspecified atom stereocenters. The van der Waals surface area contributed by atoms with Gasteiger partial charge < -0.3 is 9.88 Å². The molecular weight excluding hydrogens is 217 g/mol. The normalized spacial score (nSPS) is 11.2. The van der Waals surface area contributed by atoms with Crippen LogP contribution in [-0.2, 0) is 13.0 Å². The number of hydrogen-bond acceptors (Lipinski definition) is 2. The fourth-order valence-corrected chi connectivity index (χ4v) is 2.11. The summed E-state index contributed by atoms with van der Waals surface area (Å²) in [6.45, 7) is 3.86. The maximum Gasteiger partial charge on any atom is 0.125 e. The van der Waals surface area contributed by atoms with Crippen LogP contribution in [0.25, 0.3) is 11.0 Å². The Kier molecular flexibility index (Phi) is 3.74.